The van der Waals surface area contributed by atoms with Gasteiger partial charge in [0.2, 0.25) is 5.91 Å². The molecule has 1 saturated heterocycles. The second kappa shape index (κ2) is 12.2. The van der Waals surface area contributed by atoms with E-state index in [0.717, 1.165) is 36.2 Å². The van der Waals surface area contributed by atoms with Crippen molar-refractivity contribution >= 4 is 35.8 Å². The fraction of sp³-hybridized carbons (Fsp3) is 0.417. The summed E-state index contributed by atoms with van der Waals surface area (Å²) in [4.78, 5) is 18.3. The molecule has 5 nitrogen and oxygen atoms in total. The van der Waals surface area contributed by atoms with Crippen LogP contribution in [-0.2, 0) is 24.1 Å². The SMILES string of the molecule is CCNC(=NCc1cccc(CN2CCCC2=O)c1)NC(C)c1cccc(C(F)(F)F)c1.I. The molecule has 0 aromatic heterocycles. The Balaban J connectivity index is 0.00000385. The largest absolute Gasteiger partial charge is 0.416 e. The number of rotatable bonds is 7. The lowest BCUT2D eigenvalue weighted by atomic mass is 10.1. The van der Waals surface area contributed by atoms with Crippen LogP contribution in [0.1, 0.15) is 55.0 Å². The molecular weight excluding hydrogens is 544 g/mol. The van der Waals surface area contributed by atoms with Crippen molar-refractivity contribution in [3.63, 3.8) is 0 Å². The summed E-state index contributed by atoms with van der Waals surface area (Å²) in [5.74, 6) is 0.716. The molecule has 2 N–H and O–H groups in total. The zero-order valence-electron chi connectivity index (χ0n) is 18.8. The van der Waals surface area contributed by atoms with E-state index in [1.54, 1.807) is 13.0 Å². The van der Waals surface area contributed by atoms with Gasteiger partial charge in [0, 0.05) is 26.1 Å². The van der Waals surface area contributed by atoms with E-state index in [9.17, 15) is 18.0 Å². The molecule has 1 unspecified atom stereocenters. The van der Waals surface area contributed by atoms with E-state index in [4.69, 9.17) is 0 Å². The van der Waals surface area contributed by atoms with E-state index in [1.165, 1.54) is 6.07 Å². The predicted molar refractivity (Wildman–Crippen MR) is 134 cm³/mol. The zero-order chi connectivity index (χ0) is 23.1. The minimum Gasteiger partial charge on any atom is -0.357 e. The Labute approximate surface area is 209 Å². The van der Waals surface area contributed by atoms with Gasteiger partial charge >= 0.3 is 6.18 Å². The summed E-state index contributed by atoms with van der Waals surface area (Å²) in [6.45, 7) is 6.16. The van der Waals surface area contributed by atoms with Crippen LogP contribution in [0.15, 0.2) is 53.5 Å². The molecule has 180 valence electrons. The van der Waals surface area contributed by atoms with Crippen molar-refractivity contribution in [3.8, 4) is 0 Å². The summed E-state index contributed by atoms with van der Waals surface area (Å²) >= 11 is 0. The van der Waals surface area contributed by atoms with Crippen LogP contribution in [0, 0.1) is 0 Å². The number of hydrogen-bond donors (Lipinski definition) is 2. The van der Waals surface area contributed by atoms with Crippen LogP contribution in [0.5, 0.6) is 0 Å². The van der Waals surface area contributed by atoms with Crippen LogP contribution in [-0.4, -0.2) is 29.9 Å². The normalized spacial score (nSPS) is 15.2. The smallest absolute Gasteiger partial charge is 0.357 e. The first-order valence-electron chi connectivity index (χ1n) is 10.8. The van der Waals surface area contributed by atoms with Crippen molar-refractivity contribution < 1.29 is 18.0 Å². The molecule has 0 saturated carbocycles. The maximum Gasteiger partial charge on any atom is 0.416 e. The van der Waals surface area contributed by atoms with E-state index in [2.05, 4.69) is 15.6 Å². The summed E-state index contributed by atoms with van der Waals surface area (Å²) < 4.78 is 39.1. The summed E-state index contributed by atoms with van der Waals surface area (Å²) in [5, 5.41) is 6.32. The molecule has 1 fully saturated rings. The van der Waals surface area contributed by atoms with Gasteiger partial charge in [0.05, 0.1) is 18.2 Å². The van der Waals surface area contributed by atoms with Gasteiger partial charge in [0.15, 0.2) is 5.96 Å². The van der Waals surface area contributed by atoms with E-state index in [-0.39, 0.29) is 35.9 Å². The van der Waals surface area contributed by atoms with Crippen molar-refractivity contribution in [3.05, 3.63) is 70.8 Å². The van der Waals surface area contributed by atoms with Crippen LogP contribution in [0.4, 0.5) is 13.2 Å². The molecule has 0 spiro atoms. The lowest BCUT2D eigenvalue weighted by Gasteiger charge is -2.19. The summed E-state index contributed by atoms with van der Waals surface area (Å²) in [6.07, 6.45) is -2.85. The summed E-state index contributed by atoms with van der Waals surface area (Å²) in [7, 11) is 0. The molecule has 0 bridgehead atoms. The zero-order valence-corrected chi connectivity index (χ0v) is 21.1. The average molecular weight is 574 g/mol. The maximum atomic E-state index is 13.0. The first-order chi connectivity index (χ1) is 15.3. The highest BCUT2D eigenvalue weighted by Gasteiger charge is 2.30. The number of guanidine groups is 1. The molecule has 9 heteroatoms. The molecular formula is C24H30F3IN4O. The quantitative estimate of drug-likeness (QED) is 0.270. The highest BCUT2D eigenvalue weighted by atomic mass is 127. The Morgan fingerprint density at radius 1 is 1.15 bits per heavy atom. The first-order valence-corrected chi connectivity index (χ1v) is 10.8. The summed E-state index contributed by atoms with van der Waals surface area (Å²) in [6, 6.07) is 12.9. The van der Waals surface area contributed by atoms with Crippen molar-refractivity contribution in [2.45, 2.75) is 52.0 Å². The predicted octanol–water partition coefficient (Wildman–Crippen LogP) is 5.26. The molecule has 3 rings (SSSR count). The van der Waals surface area contributed by atoms with Crippen molar-refractivity contribution in [2.24, 2.45) is 4.99 Å². The number of nitrogens with zero attached hydrogens (tertiary/aromatic N) is 2. The molecule has 1 aliphatic rings. The van der Waals surface area contributed by atoms with Gasteiger partial charge in [0.1, 0.15) is 0 Å². The molecule has 2 aromatic carbocycles. The molecule has 33 heavy (non-hydrogen) atoms. The third-order valence-corrected chi connectivity index (χ3v) is 5.37. The van der Waals surface area contributed by atoms with Crippen LogP contribution in [0.3, 0.4) is 0 Å². The molecule has 0 aliphatic carbocycles. The van der Waals surface area contributed by atoms with Crippen molar-refractivity contribution in [2.75, 3.05) is 13.1 Å². The van der Waals surface area contributed by atoms with E-state index in [0.29, 0.717) is 37.6 Å². The Kier molecular flexibility index (Phi) is 10.00. The van der Waals surface area contributed by atoms with E-state index < -0.39 is 11.7 Å². The van der Waals surface area contributed by atoms with E-state index >= 15 is 0 Å². The van der Waals surface area contributed by atoms with Crippen molar-refractivity contribution in [1.29, 1.82) is 0 Å². The van der Waals surface area contributed by atoms with Gasteiger partial charge in [-0.1, -0.05) is 36.4 Å². The van der Waals surface area contributed by atoms with Crippen LogP contribution < -0.4 is 10.6 Å². The number of benzene rings is 2. The highest BCUT2D eigenvalue weighted by Crippen LogP contribution is 2.30. The second-order valence-corrected chi connectivity index (χ2v) is 7.92. The fourth-order valence-electron chi connectivity index (χ4n) is 3.68. The molecule has 2 aromatic rings. The van der Waals surface area contributed by atoms with Gasteiger partial charge < -0.3 is 15.5 Å². The molecule has 1 amide bonds. The number of alkyl halides is 3. The monoisotopic (exact) mass is 574 g/mol. The number of carbonyl (C=O) groups excluding carboxylic acids is 1. The van der Waals surface area contributed by atoms with Crippen molar-refractivity contribution in [1.82, 2.24) is 15.5 Å². The number of aliphatic imine (C=N–C) groups is 1. The van der Waals surface area contributed by atoms with E-state index in [1.807, 2.05) is 36.1 Å². The number of carbonyl (C=O) groups is 1. The second-order valence-electron chi connectivity index (χ2n) is 7.92. The van der Waals surface area contributed by atoms with Gasteiger partial charge in [0.25, 0.3) is 0 Å². The summed E-state index contributed by atoms with van der Waals surface area (Å²) in [5.41, 5.74) is 1.92. The van der Waals surface area contributed by atoms with Crippen LogP contribution in [0.2, 0.25) is 0 Å². The molecule has 1 aliphatic heterocycles. The van der Waals surface area contributed by atoms with Gasteiger partial charge in [-0.2, -0.15) is 13.2 Å². The molecule has 0 radical (unpaired) electrons. The lowest BCUT2D eigenvalue weighted by molar-refractivity contribution is -0.137. The minimum absolute atomic E-state index is 0. The number of hydrogen-bond acceptors (Lipinski definition) is 2. The number of amides is 1. The molecule has 1 atom stereocenters. The standard InChI is InChI=1S/C24H29F3N4O.HI/c1-3-28-23(30-17(2)20-9-5-10-21(14-20)24(25,26)27)29-15-18-7-4-8-19(13-18)16-31-12-6-11-22(31)32;/h4-5,7-10,13-14,17H,3,6,11-12,15-16H2,1-2H3,(H2,28,29,30);1H. The molecule has 1 heterocycles. The Morgan fingerprint density at radius 2 is 1.88 bits per heavy atom. The van der Waals surface area contributed by atoms with Gasteiger partial charge in [-0.25, -0.2) is 4.99 Å². The highest BCUT2D eigenvalue weighted by molar-refractivity contribution is 14.0. The van der Waals surface area contributed by atoms with Gasteiger partial charge in [-0.15, -0.1) is 24.0 Å². The Bertz CT molecular complexity index is 965. The third-order valence-electron chi connectivity index (χ3n) is 5.37. The van der Waals surface area contributed by atoms with Gasteiger partial charge in [-0.05, 0) is 49.1 Å². The van der Waals surface area contributed by atoms with Crippen LogP contribution >= 0.6 is 24.0 Å². The number of nitrogens with one attached hydrogen (secondary N) is 2. The maximum absolute atomic E-state index is 13.0. The average Bonchev–Trinajstić information content (AvgIpc) is 3.16. The Morgan fingerprint density at radius 3 is 2.55 bits per heavy atom. The first kappa shape index (κ1) is 26.9. The van der Waals surface area contributed by atoms with Crippen LogP contribution in [0.25, 0.3) is 0 Å². The number of halogens is 4. The van der Waals surface area contributed by atoms with Gasteiger partial charge in [-0.3, -0.25) is 4.79 Å². The third kappa shape index (κ3) is 7.90. The lowest BCUT2D eigenvalue weighted by Crippen LogP contribution is -2.38. The topological polar surface area (TPSA) is 56.7 Å². The Hall–Kier alpha value is -2.30. The minimum atomic E-state index is -4.38. The fourth-order valence-corrected chi connectivity index (χ4v) is 3.68. The number of likely N-dealkylation sites (tertiary alicyclic amines) is 1.